The minimum atomic E-state index is -3.67. The van der Waals surface area contributed by atoms with Crippen molar-refractivity contribution in [2.45, 2.75) is 17.9 Å². The van der Waals surface area contributed by atoms with E-state index in [0.29, 0.717) is 23.6 Å². The molecule has 34 heavy (non-hydrogen) atoms. The van der Waals surface area contributed by atoms with Crippen molar-refractivity contribution < 1.29 is 22.7 Å². The van der Waals surface area contributed by atoms with Gasteiger partial charge < -0.3 is 14.8 Å². The zero-order valence-corrected chi connectivity index (χ0v) is 20.0. The summed E-state index contributed by atoms with van der Waals surface area (Å²) in [6, 6.07) is 20.9. The lowest BCUT2D eigenvalue weighted by Crippen LogP contribution is -2.26. The number of nitrogens with zero attached hydrogens (tertiary/aromatic N) is 1. The largest absolute Gasteiger partial charge is 0.493 e. The van der Waals surface area contributed by atoms with Crippen molar-refractivity contribution in [2.75, 3.05) is 26.1 Å². The third kappa shape index (κ3) is 6.46. The van der Waals surface area contributed by atoms with Crippen molar-refractivity contribution in [1.29, 1.82) is 0 Å². The van der Waals surface area contributed by atoms with Gasteiger partial charge >= 0.3 is 0 Å². The monoisotopic (exact) mass is 480 g/mol. The number of hydrogen-bond donors (Lipinski definition) is 1. The van der Waals surface area contributed by atoms with E-state index in [9.17, 15) is 13.2 Å². The zero-order valence-electron chi connectivity index (χ0n) is 19.2. The number of nitrogens with one attached hydrogen (secondary N) is 1. The third-order valence-corrected chi connectivity index (χ3v) is 6.88. The molecule has 3 aromatic rings. The van der Waals surface area contributed by atoms with Crippen molar-refractivity contribution in [3.63, 3.8) is 0 Å². The van der Waals surface area contributed by atoms with E-state index in [1.165, 1.54) is 30.6 Å². The molecule has 178 valence electrons. The molecule has 0 heterocycles. The van der Waals surface area contributed by atoms with Crippen LogP contribution < -0.4 is 14.8 Å². The lowest BCUT2D eigenvalue weighted by molar-refractivity contribution is -0.118. The molecule has 1 N–H and O–H groups in total. The SMILES string of the molecule is C=CCc1ccc(OCC(=O)Nc2ccc(S(=O)(=O)N(C)Cc3ccccc3)cc2)c(OC)c1. The lowest BCUT2D eigenvalue weighted by atomic mass is 10.1. The first-order chi connectivity index (χ1) is 16.3. The highest BCUT2D eigenvalue weighted by Gasteiger charge is 2.21. The van der Waals surface area contributed by atoms with E-state index in [-0.39, 0.29) is 24.0 Å². The van der Waals surface area contributed by atoms with Crippen LogP contribution in [0.1, 0.15) is 11.1 Å². The smallest absolute Gasteiger partial charge is 0.262 e. The second-order valence-electron chi connectivity index (χ2n) is 7.59. The summed E-state index contributed by atoms with van der Waals surface area (Å²) >= 11 is 0. The van der Waals surface area contributed by atoms with Crippen LogP contribution in [0.15, 0.2) is 90.3 Å². The Morgan fingerprint density at radius 2 is 1.71 bits per heavy atom. The molecular weight excluding hydrogens is 452 g/mol. The van der Waals surface area contributed by atoms with Gasteiger partial charge in [0, 0.05) is 19.3 Å². The number of carbonyl (C=O) groups is 1. The molecular formula is C26H28N2O5S. The predicted octanol–water partition coefficient (Wildman–Crippen LogP) is 4.26. The van der Waals surface area contributed by atoms with E-state index in [4.69, 9.17) is 9.47 Å². The van der Waals surface area contributed by atoms with Gasteiger partial charge in [0.25, 0.3) is 5.91 Å². The van der Waals surface area contributed by atoms with E-state index in [2.05, 4.69) is 11.9 Å². The average Bonchev–Trinajstić information content (AvgIpc) is 2.84. The Hall–Kier alpha value is -3.62. The fraction of sp³-hybridized carbons (Fsp3) is 0.192. The normalized spacial score (nSPS) is 11.1. The Labute approximate surface area is 200 Å². The van der Waals surface area contributed by atoms with Gasteiger partial charge in [-0.05, 0) is 53.9 Å². The number of carbonyl (C=O) groups excluding carboxylic acids is 1. The molecule has 8 heteroatoms. The van der Waals surface area contributed by atoms with E-state index in [0.717, 1.165) is 11.1 Å². The number of sulfonamides is 1. The predicted molar refractivity (Wildman–Crippen MR) is 133 cm³/mol. The molecule has 0 radical (unpaired) electrons. The maximum absolute atomic E-state index is 12.9. The van der Waals surface area contributed by atoms with Crippen LogP contribution in [-0.2, 0) is 27.8 Å². The average molecular weight is 481 g/mol. The molecule has 7 nitrogen and oxygen atoms in total. The number of benzene rings is 3. The van der Waals surface area contributed by atoms with Gasteiger partial charge in [-0.25, -0.2) is 8.42 Å². The second kappa shape index (κ2) is 11.5. The molecule has 0 aliphatic rings. The van der Waals surface area contributed by atoms with Crippen molar-refractivity contribution >= 4 is 21.6 Å². The molecule has 0 saturated heterocycles. The highest BCUT2D eigenvalue weighted by molar-refractivity contribution is 7.89. The van der Waals surface area contributed by atoms with Crippen LogP contribution in [0, 0.1) is 0 Å². The number of methoxy groups -OCH3 is 1. The maximum Gasteiger partial charge on any atom is 0.262 e. The molecule has 0 spiro atoms. The first-order valence-corrected chi connectivity index (χ1v) is 12.1. The van der Waals surface area contributed by atoms with E-state index < -0.39 is 10.0 Å². The van der Waals surface area contributed by atoms with Gasteiger partial charge in [-0.15, -0.1) is 6.58 Å². The minimum Gasteiger partial charge on any atom is -0.493 e. The van der Waals surface area contributed by atoms with Crippen molar-refractivity contribution in [3.05, 3.63) is 96.6 Å². The minimum absolute atomic E-state index is 0.143. The van der Waals surface area contributed by atoms with Gasteiger partial charge in [0.15, 0.2) is 18.1 Å². The van der Waals surface area contributed by atoms with Crippen LogP contribution in [-0.4, -0.2) is 39.4 Å². The van der Waals surface area contributed by atoms with Crippen LogP contribution in [0.3, 0.4) is 0 Å². The van der Waals surface area contributed by atoms with Gasteiger partial charge in [-0.1, -0.05) is 42.5 Å². The summed E-state index contributed by atoms with van der Waals surface area (Å²) in [6.45, 7) is 3.75. The second-order valence-corrected chi connectivity index (χ2v) is 9.63. The van der Waals surface area contributed by atoms with Gasteiger partial charge in [0.1, 0.15) is 0 Å². The first kappa shape index (κ1) is 25.0. The molecule has 0 aromatic heterocycles. The summed E-state index contributed by atoms with van der Waals surface area (Å²) in [4.78, 5) is 12.5. The summed E-state index contributed by atoms with van der Waals surface area (Å²) in [5, 5.41) is 2.70. The number of amides is 1. The number of ether oxygens (including phenoxy) is 2. The fourth-order valence-corrected chi connectivity index (χ4v) is 4.44. The first-order valence-electron chi connectivity index (χ1n) is 10.6. The topological polar surface area (TPSA) is 84.9 Å². The summed E-state index contributed by atoms with van der Waals surface area (Å²) in [5.41, 5.74) is 2.38. The van der Waals surface area contributed by atoms with E-state index in [1.807, 2.05) is 42.5 Å². The summed E-state index contributed by atoms with van der Waals surface area (Å²) in [6.07, 6.45) is 2.49. The maximum atomic E-state index is 12.9. The quantitative estimate of drug-likeness (QED) is 0.415. The Kier molecular flexibility index (Phi) is 8.45. The molecule has 0 aliphatic heterocycles. The summed E-state index contributed by atoms with van der Waals surface area (Å²) in [7, 11) is -0.598. The van der Waals surface area contributed by atoms with Gasteiger partial charge in [-0.3, -0.25) is 4.79 Å². The number of anilines is 1. The highest BCUT2D eigenvalue weighted by Crippen LogP contribution is 2.28. The van der Waals surface area contributed by atoms with Crippen LogP contribution in [0.4, 0.5) is 5.69 Å². The standard InChI is InChI=1S/C26H28N2O5S/c1-4-8-20-11-16-24(25(17-20)32-3)33-19-26(29)27-22-12-14-23(15-13-22)34(30,31)28(2)18-21-9-6-5-7-10-21/h4-7,9-17H,1,8,18-19H2,2-3H3,(H,27,29). The molecule has 3 rings (SSSR count). The third-order valence-electron chi connectivity index (χ3n) is 5.06. The molecule has 3 aromatic carbocycles. The molecule has 0 atom stereocenters. The Bertz CT molecular complexity index is 1230. The number of rotatable bonds is 11. The number of allylic oxidation sites excluding steroid dienone is 1. The van der Waals surface area contributed by atoms with Gasteiger partial charge in [-0.2, -0.15) is 4.31 Å². The number of hydrogen-bond acceptors (Lipinski definition) is 5. The molecule has 0 unspecified atom stereocenters. The summed E-state index contributed by atoms with van der Waals surface area (Å²) in [5.74, 6) is 0.601. The van der Waals surface area contributed by atoms with E-state index >= 15 is 0 Å². The molecule has 1 amide bonds. The Balaban J connectivity index is 1.59. The molecule has 0 saturated carbocycles. The van der Waals surface area contributed by atoms with Crippen LogP contribution in [0.5, 0.6) is 11.5 Å². The summed E-state index contributed by atoms with van der Waals surface area (Å²) < 4.78 is 37.9. The van der Waals surface area contributed by atoms with Crippen LogP contribution in [0.2, 0.25) is 0 Å². The molecule has 0 bridgehead atoms. The highest BCUT2D eigenvalue weighted by atomic mass is 32.2. The fourth-order valence-electron chi connectivity index (χ4n) is 3.28. The van der Waals surface area contributed by atoms with Crippen LogP contribution in [0.25, 0.3) is 0 Å². The van der Waals surface area contributed by atoms with Crippen molar-refractivity contribution in [2.24, 2.45) is 0 Å². The van der Waals surface area contributed by atoms with E-state index in [1.54, 1.807) is 24.3 Å². The Morgan fingerprint density at radius 1 is 1.00 bits per heavy atom. The van der Waals surface area contributed by atoms with Crippen molar-refractivity contribution in [1.82, 2.24) is 4.31 Å². The van der Waals surface area contributed by atoms with Gasteiger partial charge in [0.2, 0.25) is 10.0 Å². The molecule has 0 aliphatic carbocycles. The van der Waals surface area contributed by atoms with Crippen LogP contribution >= 0.6 is 0 Å². The Morgan fingerprint density at radius 3 is 2.35 bits per heavy atom. The molecule has 0 fully saturated rings. The van der Waals surface area contributed by atoms with Crippen molar-refractivity contribution in [3.8, 4) is 11.5 Å². The zero-order chi connectivity index (χ0) is 24.6. The lowest BCUT2D eigenvalue weighted by Gasteiger charge is -2.17. The van der Waals surface area contributed by atoms with Gasteiger partial charge in [0.05, 0.1) is 12.0 Å².